The number of carbonyl (C=O) groups excluding carboxylic acids is 2. The molecule has 0 bridgehead atoms. The SMILES string of the molecule is COCC1(C(=O)NC2CCN(C(=O)c3ccccc3F)CC2)CCNCC1.Cl. The number of hydrogen-bond donors (Lipinski definition) is 2. The van der Waals surface area contributed by atoms with Crippen molar-refractivity contribution in [2.75, 3.05) is 39.9 Å². The normalized spacial score (nSPS) is 19.6. The monoisotopic (exact) mass is 413 g/mol. The number of ether oxygens (including phenoxy) is 1. The van der Waals surface area contributed by atoms with Crippen molar-refractivity contribution in [2.45, 2.75) is 31.7 Å². The maximum absolute atomic E-state index is 13.8. The number of benzene rings is 1. The average molecular weight is 414 g/mol. The van der Waals surface area contributed by atoms with Gasteiger partial charge in [-0.1, -0.05) is 12.1 Å². The second kappa shape index (κ2) is 10.2. The lowest BCUT2D eigenvalue weighted by atomic mass is 9.78. The van der Waals surface area contributed by atoms with Gasteiger partial charge in [-0.15, -0.1) is 12.4 Å². The molecule has 2 N–H and O–H groups in total. The third-order valence-electron chi connectivity index (χ3n) is 5.68. The summed E-state index contributed by atoms with van der Waals surface area (Å²) in [6, 6.07) is 6.08. The number of rotatable bonds is 5. The van der Waals surface area contributed by atoms with Gasteiger partial charge >= 0.3 is 0 Å². The highest BCUT2D eigenvalue weighted by atomic mass is 35.5. The summed E-state index contributed by atoms with van der Waals surface area (Å²) in [6.45, 7) is 3.07. The Morgan fingerprint density at radius 2 is 1.89 bits per heavy atom. The van der Waals surface area contributed by atoms with Crippen molar-refractivity contribution in [2.24, 2.45) is 5.41 Å². The molecule has 6 nitrogen and oxygen atoms in total. The molecule has 0 radical (unpaired) electrons. The van der Waals surface area contributed by atoms with Crippen LogP contribution in [0, 0.1) is 11.2 Å². The predicted molar refractivity (Wildman–Crippen MR) is 107 cm³/mol. The summed E-state index contributed by atoms with van der Waals surface area (Å²) in [7, 11) is 1.63. The summed E-state index contributed by atoms with van der Waals surface area (Å²) >= 11 is 0. The number of carbonyl (C=O) groups is 2. The first kappa shape index (κ1) is 22.6. The van der Waals surface area contributed by atoms with E-state index in [0.29, 0.717) is 32.5 Å². The van der Waals surface area contributed by atoms with E-state index in [1.165, 1.54) is 12.1 Å². The van der Waals surface area contributed by atoms with Crippen molar-refractivity contribution >= 4 is 24.2 Å². The zero-order valence-corrected chi connectivity index (χ0v) is 17.0. The van der Waals surface area contributed by atoms with Gasteiger partial charge in [0.15, 0.2) is 0 Å². The minimum atomic E-state index is -0.495. The van der Waals surface area contributed by atoms with E-state index < -0.39 is 11.2 Å². The Morgan fingerprint density at radius 3 is 2.50 bits per heavy atom. The maximum Gasteiger partial charge on any atom is 0.256 e. The standard InChI is InChI=1S/C20H28FN3O3.ClH/c1-27-14-20(8-10-22-11-9-20)19(26)23-15-6-12-24(13-7-15)18(25)16-4-2-3-5-17(16)21;/h2-5,15,22H,6-14H2,1H3,(H,23,26);1H. The molecule has 3 rings (SSSR count). The first-order valence-electron chi connectivity index (χ1n) is 9.60. The molecular weight excluding hydrogens is 385 g/mol. The number of piperidine rings is 2. The fourth-order valence-electron chi connectivity index (χ4n) is 3.99. The zero-order valence-electron chi connectivity index (χ0n) is 16.2. The summed E-state index contributed by atoms with van der Waals surface area (Å²) in [5.74, 6) is -0.734. The molecule has 2 amide bonds. The van der Waals surface area contributed by atoms with Gasteiger partial charge in [0, 0.05) is 26.2 Å². The molecule has 2 heterocycles. The van der Waals surface area contributed by atoms with Crippen LogP contribution >= 0.6 is 12.4 Å². The summed E-state index contributed by atoms with van der Waals surface area (Å²) in [5.41, 5.74) is -0.367. The third-order valence-corrected chi connectivity index (χ3v) is 5.68. The molecule has 2 aliphatic rings. The number of halogens is 2. The highest BCUT2D eigenvalue weighted by Crippen LogP contribution is 2.30. The molecule has 0 aliphatic carbocycles. The smallest absolute Gasteiger partial charge is 0.256 e. The number of nitrogens with one attached hydrogen (secondary N) is 2. The van der Waals surface area contributed by atoms with Crippen molar-refractivity contribution in [1.82, 2.24) is 15.5 Å². The molecular formula is C20H29ClFN3O3. The average Bonchev–Trinajstić information content (AvgIpc) is 2.69. The van der Waals surface area contributed by atoms with E-state index >= 15 is 0 Å². The molecule has 0 unspecified atom stereocenters. The predicted octanol–water partition coefficient (Wildman–Crippen LogP) is 1.98. The van der Waals surface area contributed by atoms with Crippen LogP contribution in [-0.2, 0) is 9.53 Å². The van der Waals surface area contributed by atoms with Crippen LogP contribution in [0.25, 0.3) is 0 Å². The number of methoxy groups -OCH3 is 1. The maximum atomic E-state index is 13.8. The fourth-order valence-corrected chi connectivity index (χ4v) is 3.99. The molecule has 1 aromatic carbocycles. The van der Waals surface area contributed by atoms with E-state index in [1.54, 1.807) is 24.1 Å². The number of hydrogen-bond acceptors (Lipinski definition) is 4. The molecule has 8 heteroatoms. The van der Waals surface area contributed by atoms with Crippen molar-refractivity contribution in [3.8, 4) is 0 Å². The molecule has 0 spiro atoms. The quantitative estimate of drug-likeness (QED) is 0.774. The largest absolute Gasteiger partial charge is 0.384 e. The number of amides is 2. The highest BCUT2D eigenvalue weighted by Gasteiger charge is 2.40. The fraction of sp³-hybridized carbons (Fsp3) is 0.600. The van der Waals surface area contributed by atoms with Gasteiger partial charge in [-0.3, -0.25) is 9.59 Å². The van der Waals surface area contributed by atoms with E-state index in [2.05, 4.69) is 10.6 Å². The minimum absolute atomic E-state index is 0. The highest BCUT2D eigenvalue weighted by molar-refractivity contribution is 5.94. The summed E-state index contributed by atoms with van der Waals surface area (Å²) in [5, 5.41) is 6.45. The van der Waals surface area contributed by atoms with Crippen LogP contribution in [-0.4, -0.2) is 62.7 Å². The van der Waals surface area contributed by atoms with E-state index in [-0.39, 0.29) is 35.8 Å². The molecule has 0 atom stereocenters. The van der Waals surface area contributed by atoms with Crippen LogP contribution in [0.1, 0.15) is 36.0 Å². The second-order valence-corrected chi connectivity index (χ2v) is 7.48. The lowest BCUT2D eigenvalue weighted by molar-refractivity contribution is -0.137. The molecule has 2 saturated heterocycles. The molecule has 2 aliphatic heterocycles. The number of nitrogens with zero attached hydrogens (tertiary/aromatic N) is 1. The summed E-state index contributed by atoms with van der Waals surface area (Å²) in [4.78, 5) is 27.1. The van der Waals surface area contributed by atoms with Gasteiger partial charge in [0.1, 0.15) is 5.82 Å². The summed E-state index contributed by atoms with van der Waals surface area (Å²) < 4.78 is 19.2. The molecule has 0 aromatic heterocycles. The topological polar surface area (TPSA) is 70.7 Å². The van der Waals surface area contributed by atoms with Crippen molar-refractivity contribution in [1.29, 1.82) is 0 Å². The first-order chi connectivity index (χ1) is 13.1. The van der Waals surface area contributed by atoms with Gasteiger partial charge in [-0.25, -0.2) is 4.39 Å². The Bertz CT molecular complexity index is 669. The molecule has 0 saturated carbocycles. The molecule has 156 valence electrons. The van der Waals surface area contributed by atoms with Crippen molar-refractivity contribution < 1.29 is 18.7 Å². The Balaban J connectivity index is 0.00000280. The van der Waals surface area contributed by atoms with E-state index in [0.717, 1.165) is 25.9 Å². The van der Waals surface area contributed by atoms with E-state index in [1.807, 2.05) is 0 Å². The van der Waals surface area contributed by atoms with Crippen LogP contribution in [0.2, 0.25) is 0 Å². The Labute approximate surface area is 171 Å². The van der Waals surface area contributed by atoms with E-state index in [9.17, 15) is 14.0 Å². The van der Waals surface area contributed by atoms with Gasteiger partial charge in [-0.05, 0) is 50.9 Å². The van der Waals surface area contributed by atoms with Crippen LogP contribution < -0.4 is 10.6 Å². The number of likely N-dealkylation sites (tertiary alicyclic amines) is 1. The lowest BCUT2D eigenvalue weighted by Gasteiger charge is -2.38. The zero-order chi connectivity index (χ0) is 19.3. The van der Waals surface area contributed by atoms with Crippen molar-refractivity contribution in [3.05, 3.63) is 35.6 Å². The van der Waals surface area contributed by atoms with Gasteiger partial charge in [0.05, 0.1) is 17.6 Å². The van der Waals surface area contributed by atoms with Crippen LogP contribution in [0.3, 0.4) is 0 Å². The van der Waals surface area contributed by atoms with Gasteiger partial charge in [0.25, 0.3) is 5.91 Å². The Kier molecular flexibility index (Phi) is 8.22. The first-order valence-corrected chi connectivity index (χ1v) is 9.60. The summed E-state index contributed by atoms with van der Waals surface area (Å²) in [6.07, 6.45) is 2.87. The Morgan fingerprint density at radius 1 is 1.25 bits per heavy atom. The molecule has 1 aromatic rings. The van der Waals surface area contributed by atoms with Crippen molar-refractivity contribution in [3.63, 3.8) is 0 Å². The van der Waals surface area contributed by atoms with E-state index in [4.69, 9.17) is 4.74 Å². The van der Waals surface area contributed by atoms with Gasteiger partial charge in [0.2, 0.25) is 5.91 Å². The van der Waals surface area contributed by atoms with Crippen LogP contribution in [0.4, 0.5) is 4.39 Å². The minimum Gasteiger partial charge on any atom is -0.384 e. The lowest BCUT2D eigenvalue weighted by Crippen LogP contribution is -2.54. The van der Waals surface area contributed by atoms with Gasteiger partial charge in [-0.2, -0.15) is 0 Å². The van der Waals surface area contributed by atoms with Gasteiger partial charge < -0.3 is 20.3 Å². The second-order valence-electron chi connectivity index (χ2n) is 7.48. The van der Waals surface area contributed by atoms with Crippen LogP contribution in [0.5, 0.6) is 0 Å². The Hall–Kier alpha value is -1.70. The van der Waals surface area contributed by atoms with Crippen LogP contribution in [0.15, 0.2) is 24.3 Å². The molecule has 2 fully saturated rings. The third kappa shape index (κ3) is 5.01. The molecule has 28 heavy (non-hydrogen) atoms.